The van der Waals surface area contributed by atoms with E-state index in [0.717, 1.165) is 25.3 Å². The first kappa shape index (κ1) is 12.8. The van der Waals surface area contributed by atoms with Crippen molar-refractivity contribution in [3.8, 4) is 0 Å². The van der Waals surface area contributed by atoms with E-state index < -0.39 is 0 Å². The average Bonchev–Trinajstić information content (AvgIpc) is 2.64. The summed E-state index contributed by atoms with van der Waals surface area (Å²) in [5.41, 5.74) is 0. The molecule has 3 rings (SSSR count). The van der Waals surface area contributed by atoms with Gasteiger partial charge in [-0.1, -0.05) is 23.2 Å². The Morgan fingerprint density at radius 3 is 3.00 bits per heavy atom. The van der Waals surface area contributed by atoms with Gasteiger partial charge in [-0.3, -0.25) is 0 Å². The predicted octanol–water partition coefficient (Wildman–Crippen LogP) is 1.99. The van der Waals surface area contributed by atoms with E-state index in [1.807, 2.05) is 7.05 Å². The van der Waals surface area contributed by atoms with E-state index in [4.69, 9.17) is 23.2 Å². The van der Waals surface area contributed by atoms with Gasteiger partial charge in [0.2, 0.25) is 0 Å². The Balaban J connectivity index is 1.80. The molecule has 1 N–H and O–H groups in total. The molecular weight excluding hydrogens is 287 g/mol. The zero-order chi connectivity index (χ0) is 13.6. The largest absolute Gasteiger partial charge is 0.353 e. The first-order valence-electron chi connectivity index (χ1n) is 6.15. The molecule has 2 saturated heterocycles. The quantitative estimate of drug-likeness (QED) is 0.863. The summed E-state index contributed by atoms with van der Waals surface area (Å²) in [4.78, 5) is 19.8. The summed E-state index contributed by atoms with van der Waals surface area (Å²) in [6, 6.07) is 2.07. The number of hydrogen-bond donors (Lipinski definition) is 1. The summed E-state index contributed by atoms with van der Waals surface area (Å²) in [6.45, 7) is 1.55. The summed E-state index contributed by atoms with van der Waals surface area (Å²) in [6.07, 6.45) is 2.49. The molecule has 1 aromatic rings. The predicted molar refractivity (Wildman–Crippen MR) is 75.0 cm³/mol. The third-order valence-corrected chi connectivity index (χ3v) is 4.28. The van der Waals surface area contributed by atoms with Crippen molar-refractivity contribution in [2.45, 2.75) is 18.5 Å². The van der Waals surface area contributed by atoms with Crippen LogP contribution in [0, 0.1) is 0 Å². The third-order valence-electron chi connectivity index (χ3n) is 3.79. The van der Waals surface area contributed by atoms with Gasteiger partial charge in [0.05, 0.1) is 22.1 Å². The lowest BCUT2D eigenvalue weighted by molar-refractivity contribution is 0.212. The number of nitrogens with zero attached hydrogens (tertiary/aromatic N) is 3. The van der Waals surface area contributed by atoms with Crippen LogP contribution in [0.2, 0.25) is 10.0 Å². The number of rotatable bonds is 1. The Kier molecular flexibility index (Phi) is 3.19. The maximum Gasteiger partial charge on any atom is 0.317 e. The van der Waals surface area contributed by atoms with Crippen molar-refractivity contribution < 1.29 is 4.79 Å². The molecule has 2 fully saturated rings. The van der Waals surface area contributed by atoms with E-state index in [0.29, 0.717) is 10.0 Å². The van der Waals surface area contributed by atoms with Crippen molar-refractivity contribution in [3.63, 3.8) is 0 Å². The second kappa shape index (κ2) is 4.72. The average molecular weight is 301 g/mol. The number of carbonyl (C=O) groups excluding carboxylic acids is 1. The second-order valence-electron chi connectivity index (χ2n) is 4.93. The normalized spacial score (nSPS) is 26.4. The highest BCUT2D eigenvalue weighted by Gasteiger charge is 2.41. The van der Waals surface area contributed by atoms with E-state index in [-0.39, 0.29) is 18.1 Å². The molecule has 2 atom stereocenters. The summed E-state index contributed by atoms with van der Waals surface area (Å²) in [7, 11) is 1.84. The van der Waals surface area contributed by atoms with Crippen LogP contribution in [0.5, 0.6) is 0 Å². The van der Waals surface area contributed by atoms with Gasteiger partial charge < -0.3 is 15.1 Å². The Hall–Kier alpha value is -1.20. The molecule has 1 aromatic heterocycles. The standard InChI is InChI=1S/C12H14Cl2N4O/c1-17-10-2-3-18(6-9(10)16-12(17)19)11-8(14)4-7(13)5-15-11/h4-5,9-10H,2-3,6H2,1H3,(H,16,19)/t9-,10+/m1/s1. The molecule has 0 aromatic carbocycles. The number of hydrogen-bond acceptors (Lipinski definition) is 3. The van der Waals surface area contributed by atoms with Gasteiger partial charge in [0.25, 0.3) is 0 Å². The molecule has 0 spiro atoms. The molecule has 0 bridgehead atoms. The maximum absolute atomic E-state index is 11.6. The van der Waals surface area contributed by atoms with Crippen LogP contribution in [-0.2, 0) is 0 Å². The molecule has 19 heavy (non-hydrogen) atoms. The van der Waals surface area contributed by atoms with Crippen LogP contribution in [0.25, 0.3) is 0 Å². The number of amides is 2. The lowest BCUT2D eigenvalue weighted by Gasteiger charge is -2.36. The monoisotopic (exact) mass is 300 g/mol. The Bertz CT molecular complexity index is 524. The van der Waals surface area contributed by atoms with Crippen molar-refractivity contribution in [3.05, 3.63) is 22.3 Å². The van der Waals surface area contributed by atoms with Crippen molar-refractivity contribution in [2.75, 3.05) is 25.0 Å². The van der Waals surface area contributed by atoms with Crippen LogP contribution >= 0.6 is 23.2 Å². The van der Waals surface area contributed by atoms with Gasteiger partial charge in [0.1, 0.15) is 5.82 Å². The van der Waals surface area contributed by atoms with Gasteiger partial charge in [-0.25, -0.2) is 9.78 Å². The molecule has 5 nitrogen and oxygen atoms in total. The lowest BCUT2D eigenvalue weighted by atomic mass is 10.0. The van der Waals surface area contributed by atoms with E-state index >= 15 is 0 Å². The summed E-state index contributed by atoms with van der Waals surface area (Å²) in [5, 5.41) is 4.06. The van der Waals surface area contributed by atoms with Gasteiger partial charge in [-0.15, -0.1) is 0 Å². The molecular formula is C12H14Cl2N4O. The van der Waals surface area contributed by atoms with Gasteiger partial charge in [0.15, 0.2) is 0 Å². The fourth-order valence-electron chi connectivity index (χ4n) is 2.79. The van der Waals surface area contributed by atoms with E-state index in [9.17, 15) is 4.79 Å². The molecule has 3 heterocycles. The number of anilines is 1. The van der Waals surface area contributed by atoms with Crippen molar-refractivity contribution in [1.29, 1.82) is 0 Å². The summed E-state index contributed by atoms with van der Waals surface area (Å²) in [5.74, 6) is 0.730. The third kappa shape index (κ3) is 2.21. The van der Waals surface area contributed by atoms with Crippen molar-refractivity contribution in [2.24, 2.45) is 0 Å². The number of aromatic nitrogens is 1. The molecule has 102 valence electrons. The van der Waals surface area contributed by atoms with Gasteiger partial charge in [-0.05, 0) is 12.5 Å². The Morgan fingerprint density at radius 2 is 2.26 bits per heavy atom. The fraction of sp³-hybridized carbons (Fsp3) is 0.500. The van der Waals surface area contributed by atoms with Crippen LogP contribution in [0.15, 0.2) is 12.3 Å². The van der Waals surface area contributed by atoms with Crippen molar-refractivity contribution >= 4 is 35.1 Å². The fourth-order valence-corrected chi connectivity index (χ4v) is 3.29. The van der Waals surface area contributed by atoms with E-state index in [1.165, 1.54) is 0 Å². The Labute approximate surface area is 121 Å². The molecule has 0 unspecified atom stereocenters. The Morgan fingerprint density at radius 1 is 1.47 bits per heavy atom. The molecule has 2 amide bonds. The van der Waals surface area contributed by atoms with Crippen LogP contribution in [-0.4, -0.2) is 48.1 Å². The minimum Gasteiger partial charge on any atom is -0.353 e. The van der Waals surface area contributed by atoms with Gasteiger partial charge >= 0.3 is 6.03 Å². The molecule has 0 radical (unpaired) electrons. The molecule has 2 aliphatic rings. The zero-order valence-corrected chi connectivity index (χ0v) is 11.9. The van der Waals surface area contributed by atoms with Gasteiger partial charge in [-0.2, -0.15) is 0 Å². The van der Waals surface area contributed by atoms with Crippen molar-refractivity contribution in [1.82, 2.24) is 15.2 Å². The number of nitrogens with one attached hydrogen (secondary N) is 1. The molecule has 0 saturated carbocycles. The highest BCUT2D eigenvalue weighted by Crippen LogP contribution is 2.30. The smallest absolute Gasteiger partial charge is 0.317 e. The van der Waals surface area contributed by atoms with Crippen LogP contribution in [0.4, 0.5) is 10.6 Å². The highest BCUT2D eigenvalue weighted by atomic mass is 35.5. The van der Waals surface area contributed by atoms with Gasteiger partial charge in [0, 0.05) is 26.3 Å². The van der Waals surface area contributed by atoms with E-state index in [1.54, 1.807) is 17.2 Å². The van der Waals surface area contributed by atoms with Crippen LogP contribution < -0.4 is 10.2 Å². The SMILES string of the molecule is CN1C(=O)N[C@@H]2CN(c3ncc(Cl)cc3Cl)CC[C@@H]21. The number of piperidine rings is 1. The minimum absolute atomic E-state index is 0.00740. The lowest BCUT2D eigenvalue weighted by Crippen LogP contribution is -2.51. The number of urea groups is 1. The summed E-state index contributed by atoms with van der Waals surface area (Å²) >= 11 is 12.0. The zero-order valence-electron chi connectivity index (χ0n) is 10.4. The highest BCUT2D eigenvalue weighted by molar-refractivity contribution is 6.36. The number of pyridine rings is 1. The first-order chi connectivity index (χ1) is 9.06. The maximum atomic E-state index is 11.6. The first-order valence-corrected chi connectivity index (χ1v) is 6.91. The van der Waals surface area contributed by atoms with E-state index in [2.05, 4.69) is 15.2 Å². The number of halogens is 2. The molecule has 7 heteroatoms. The number of carbonyl (C=O) groups is 1. The minimum atomic E-state index is -0.00740. The number of likely N-dealkylation sites (N-methyl/N-ethyl adjacent to an activating group) is 1. The summed E-state index contributed by atoms with van der Waals surface area (Å²) < 4.78 is 0. The molecule has 0 aliphatic carbocycles. The molecule has 2 aliphatic heterocycles. The van der Waals surface area contributed by atoms with Crippen LogP contribution in [0.3, 0.4) is 0 Å². The van der Waals surface area contributed by atoms with Crippen LogP contribution in [0.1, 0.15) is 6.42 Å². The number of fused-ring (bicyclic) bond motifs is 1. The topological polar surface area (TPSA) is 48.5 Å². The second-order valence-corrected chi connectivity index (χ2v) is 5.77.